The number of carbonyl (C=O) groups excluding carboxylic acids is 1. The molecule has 2 nitrogen and oxygen atoms in total. The van der Waals surface area contributed by atoms with Gasteiger partial charge in [-0.05, 0) is 6.42 Å². The number of nitrogens with one attached hydrogen (secondary N) is 1. The van der Waals surface area contributed by atoms with Gasteiger partial charge in [0.25, 0.3) is 0 Å². The Morgan fingerprint density at radius 3 is 2.82 bits per heavy atom. The number of halogens is 1. The van der Waals surface area contributed by atoms with Gasteiger partial charge < -0.3 is 5.32 Å². The molecule has 1 amide bonds. The van der Waals surface area contributed by atoms with Gasteiger partial charge in [-0.2, -0.15) is 0 Å². The molecule has 62 valence electrons. The molecule has 0 aliphatic carbocycles. The lowest BCUT2D eigenvalue weighted by molar-refractivity contribution is -0.119. The zero-order valence-corrected chi connectivity index (χ0v) is 7.32. The normalized spacial score (nSPS) is 11.7. The number of terminal acetylenes is 1. The predicted octanol–water partition coefficient (Wildman–Crippen LogP) is 1.14. The zero-order chi connectivity index (χ0) is 8.69. The lowest BCUT2D eigenvalue weighted by Crippen LogP contribution is -2.34. The van der Waals surface area contributed by atoms with Crippen molar-refractivity contribution in [2.24, 2.45) is 0 Å². The van der Waals surface area contributed by atoms with Gasteiger partial charge in [-0.25, -0.2) is 0 Å². The molecule has 0 rings (SSSR count). The van der Waals surface area contributed by atoms with E-state index in [0.29, 0.717) is 6.42 Å². The van der Waals surface area contributed by atoms with E-state index in [1.165, 1.54) is 0 Å². The minimum absolute atomic E-state index is 0.00106. The van der Waals surface area contributed by atoms with Crippen molar-refractivity contribution in [2.45, 2.75) is 25.8 Å². The summed E-state index contributed by atoms with van der Waals surface area (Å²) in [6.45, 7) is 1.97. The minimum atomic E-state index is -0.159. The second kappa shape index (κ2) is 6.06. The monoisotopic (exact) mass is 173 g/mol. The smallest absolute Gasteiger partial charge is 0.235 e. The van der Waals surface area contributed by atoms with Crippen LogP contribution in [0.15, 0.2) is 0 Å². The molecular formula is C8H12ClNO. The van der Waals surface area contributed by atoms with E-state index in [9.17, 15) is 4.79 Å². The van der Waals surface area contributed by atoms with Crippen molar-refractivity contribution in [3.05, 3.63) is 0 Å². The molecular weight excluding hydrogens is 162 g/mol. The molecule has 0 saturated carbocycles. The third-order valence-electron chi connectivity index (χ3n) is 1.34. The molecule has 11 heavy (non-hydrogen) atoms. The summed E-state index contributed by atoms with van der Waals surface area (Å²) in [6.07, 6.45) is 6.50. The molecule has 0 saturated heterocycles. The summed E-state index contributed by atoms with van der Waals surface area (Å²) in [7, 11) is 0. The fourth-order valence-electron chi connectivity index (χ4n) is 0.706. The Morgan fingerprint density at radius 1 is 1.82 bits per heavy atom. The van der Waals surface area contributed by atoms with E-state index >= 15 is 0 Å². The van der Waals surface area contributed by atoms with Crippen LogP contribution in [0.2, 0.25) is 0 Å². The van der Waals surface area contributed by atoms with Gasteiger partial charge in [0, 0.05) is 12.5 Å². The van der Waals surface area contributed by atoms with E-state index in [4.69, 9.17) is 18.0 Å². The summed E-state index contributed by atoms with van der Waals surface area (Å²) in [5.74, 6) is 2.33. The predicted molar refractivity (Wildman–Crippen MR) is 46.4 cm³/mol. The lowest BCUT2D eigenvalue weighted by Gasteiger charge is -2.12. The zero-order valence-electron chi connectivity index (χ0n) is 6.56. The highest BCUT2D eigenvalue weighted by Gasteiger charge is 2.06. The first kappa shape index (κ1) is 10.3. The third kappa shape index (κ3) is 4.69. The van der Waals surface area contributed by atoms with Gasteiger partial charge in [-0.1, -0.05) is 6.92 Å². The van der Waals surface area contributed by atoms with Crippen LogP contribution in [0.3, 0.4) is 0 Å². The SMILES string of the molecule is C#CCC(CC)NC(=O)CCl. The molecule has 3 heteroatoms. The van der Waals surface area contributed by atoms with Gasteiger partial charge in [0.2, 0.25) is 5.91 Å². The molecule has 0 aromatic rings. The number of amides is 1. The van der Waals surface area contributed by atoms with E-state index in [-0.39, 0.29) is 17.8 Å². The summed E-state index contributed by atoms with van der Waals surface area (Å²) in [6, 6.07) is 0.0752. The number of alkyl halides is 1. The van der Waals surface area contributed by atoms with Crippen molar-refractivity contribution < 1.29 is 4.79 Å². The number of hydrogen-bond acceptors (Lipinski definition) is 1. The van der Waals surface area contributed by atoms with Crippen molar-refractivity contribution in [2.75, 3.05) is 5.88 Å². The Labute approximate surface area is 72.3 Å². The largest absolute Gasteiger partial charge is 0.351 e. The molecule has 0 aliphatic heterocycles. The van der Waals surface area contributed by atoms with Crippen molar-refractivity contribution in [3.8, 4) is 12.3 Å². The van der Waals surface area contributed by atoms with Gasteiger partial charge in [0.1, 0.15) is 5.88 Å². The summed E-state index contributed by atoms with van der Waals surface area (Å²) >= 11 is 5.29. The summed E-state index contributed by atoms with van der Waals surface area (Å²) in [5, 5.41) is 2.70. The molecule has 0 fully saturated rings. The summed E-state index contributed by atoms with van der Waals surface area (Å²) in [4.78, 5) is 10.7. The van der Waals surface area contributed by atoms with Crippen molar-refractivity contribution >= 4 is 17.5 Å². The number of hydrogen-bond donors (Lipinski definition) is 1. The minimum Gasteiger partial charge on any atom is -0.351 e. The Bertz CT molecular complexity index is 162. The van der Waals surface area contributed by atoms with E-state index in [0.717, 1.165) is 6.42 Å². The number of rotatable bonds is 4. The van der Waals surface area contributed by atoms with Crippen molar-refractivity contribution in [1.29, 1.82) is 0 Å². The molecule has 1 atom stereocenters. The second-order valence-electron chi connectivity index (χ2n) is 2.21. The van der Waals surface area contributed by atoms with Crippen LogP contribution in [0.5, 0.6) is 0 Å². The Kier molecular flexibility index (Phi) is 5.68. The molecule has 0 aliphatic rings. The average Bonchev–Trinajstić information content (AvgIpc) is 2.03. The van der Waals surface area contributed by atoms with Crippen LogP contribution in [-0.4, -0.2) is 17.8 Å². The fourth-order valence-corrected chi connectivity index (χ4v) is 0.783. The fraction of sp³-hybridized carbons (Fsp3) is 0.625. The van der Waals surface area contributed by atoms with Crippen LogP contribution in [0.1, 0.15) is 19.8 Å². The van der Waals surface area contributed by atoms with Crippen LogP contribution in [0.25, 0.3) is 0 Å². The second-order valence-corrected chi connectivity index (χ2v) is 2.48. The molecule has 0 spiro atoms. The standard InChI is InChI=1S/C8H12ClNO/c1-3-5-7(4-2)10-8(11)6-9/h1,7H,4-6H2,2H3,(H,10,11). The maximum absolute atomic E-state index is 10.7. The Balaban J connectivity index is 3.70. The van der Waals surface area contributed by atoms with Crippen molar-refractivity contribution in [1.82, 2.24) is 5.32 Å². The van der Waals surface area contributed by atoms with Crippen LogP contribution in [0, 0.1) is 12.3 Å². The van der Waals surface area contributed by atoms with Gasteiger partial charge in [0.05, 0.1) is 0 Å². The molecule has 0 radical (unpaired) electrons. The Hall–Kier alpha value is -0.680. The first-order valence-electron chi connectivity index (χ1n) is 3.53. The summed E-state index contributed by atoms with van der Waals surface area (Å²) < 4.78 is 0. The molecule has 0 bridgehead atoms. The van der Waals surface area contributed by atoms with Crippen LogP contribution in [-0.2, 0) is 4.79 Å². The van der Waals surface area contributed by atoms with Crippen LogP contribution >= 0.6 is 11.6 Å². The van der Waals surface area contributed by atoms with Gasteiger partial charge in [-0.3, -0.25) is 4.79 Å². The first-order valence-corrected chi connectivity index (χ1v) is 4.06. The van der Waals surface area contributed by atoms with Crippen LogP contribution < -0.4 is 5.32 Å². The Morgan fingerprint density at radius 2 is 2.45 bits per heavy atom. The average molecular weight is 174 g/mol. The maximum atomic E-state index is 10.7. The van der Waals surface area contributed by atoms with E-state index < -0.39 is 0 Å². The third-order valence-corrected chi connectivity index (χ3v) is 1.59. The van der Waals surface area contributed by atoms with Crippen molar-refractivity contribution in [3.63, 3.8) is 0 Å². The van der Waals surface area contributed by atoms with E-state index in [1.807, 2.05) is 6.92 Å². The highest BCUT2D eigenvalue weighted by molar-refractivity contribution is 6.27. The molecule has 0 aromatic carbocycles. The van der Waals surface area contributed by atoms with Crippen LogP contribution in [0.4, 0.5) is 0 Å². The van der Waals surface area contributed by atoms with Gasteiger partial charge in [-0.15, -0.1) is 23.9 Å². The molecule has 1 unspecified atom stereocenters. The highest BCUT2D eigenvalue weighted by atomic mass is 35.5. The lowest BCUT2D eigenvalue weighted by atomic mass is 10.1. The van der Waals surface area contributed by atoms with E-state index in [2.05, 4.69) is 11.2 Å². The highest BCUT2D eigenvalue weighted by Crippen LogP contribution is 1.95. The number of carbonyl (C=O) groups is 1. The quantitative estimate of drug-likeness (QED) is 0.502. The van der Waals surface area contributed by atoms with Gasteiger partial charge >= 0.3 is 0 Å². The maximum Gasteiger partial charge on any atom is 0.235 e. The van der Waals surface area contributed by atoms with Gasteiger partial charge in [0.15, 0.2) is 0 Å². The van der Waals surface area contributed by atoms with E-state index in [1.54, 1.807) is 0 Å². The molecule has 1 N–H and O–H groups in total. The first-order chi connectivity index (χ1) is 5.24. The summed E-state index contributed by atoms with van der Waals surface area (Å²) in [5.41, 5.74) is 0. The molecule has 0 aromatic heterocycles. The topological polar surface area (TPSA) is 29.1 Å². The molecule has 0 heterocycles.